The molecule has 62 valence electrons. The number of pyridine rings is 1. The molecule has 0 aliphatic rings. The lowest BCUT2D eigenvalue weighted by Crippen LogP contribution is -2.06. The molecule has 3 nitrogen and oxygen atoms in total. The van der Waals surface area contributed by atoms with Crippen molar-refractivity contribution in [3.8, 4) is 0 Å². The third kappa shape index (κ3) is 1.08. The molecule has 0 unspecified atom stereocenters. The minimum absolute atomic E-state index is 0.885. The van der Waals surface area contributed by atoms with E-state index in [9.17, 15) is 0 Å². The van der Waals surface area contributed by atoms with Crippen LogP contribution in [0, 0.1) is 0 Å². The maximum atomic E-state index is 4.15. The van der Waals surface area contributed by atoms with Crippen LogP contribution in [0.25, 0.3) is 5.52 Å². The molecular weight excluding hydrogens is 150 g/mol. The summed E-state index contributed by atoms with van der Waals surface area (Å²) in [6.45, 7) is 0.885. The van der Waals surface area contributed by atoms with Gasteiger partial charge in [0.25, 0.3) is 0 Å². The quantitative estimate of drug-likeness (QED) is 0.713. The summed E-state index contributed by atoms with van der Waals surface area (Å²) in [7, 11) is 1.94. The van der Waals surface area contributed by atoms with Gasteiger partial charge < -0.3 is 5.32 Å². The lowest BCUT2D eigenvalue weighted by Gasteiger charge is -2.01. The monoisotopic (exact) mass is 161 g/mol. The first kappa shape index (κ1) is 7.31. The predicted molar refractivity (Wildman–Crippen MR) is 48.0 cm³/mol. The van der Waals surface area contributed by atoms with Gasteiger partial charge in [-0.3, -0.25) is 0 Å². The van der Waals surface area contributed by atoms with E-state index in [2.05, 4.69) is 16.5 Å². The highest BCUT2D eigenvalue weighted by Gasteiger charge is 1.98. The second-order valence-corrected chi connectivity index (χ2v) is 2.72. The molecule has 0 amide bonds. The molecule has 0 spiro atoms. The Balaban J connectivity index is 2.57. The van der Waals surface area contributed by atoms with Gasteiger partial charge in [0.1, 0.15) is 0 Å². The van der Waals surface area contributed by atoms with Gasteiger partial charge in [0.05, 0.1) is 5.52 Å². The highest BCUT2D eigenvalue weighted by atomic mass is 15.2. The average Bonchev–Trinajstić information content (AvgIpc) is 2.53. The molecule has 0 saturated heterocycles. The van der Waals surface area contributed by atoms with Crippen molar-refractivity contribution in [1.29, 1.82) is 0 Å². The van der Waals surface area contributed by atoms with Crippen LogP contribution in [0.5, 0.6) is 0 Å². The molecule has 0 aliphatic heterocycles. The van der Waals surface area contributed by atoms with E-state index in [1.807, 2.05) is 36.1 Å². The van der Waals surface area contributed by atoms with E-state index in [1.165, 1.54) is 11.1 Å². The largest absolute Gasteiger partial charge is 0.316 e. The summed E-state index contributed by atoms with van der Waals surface area (Å²) in [4.78, 5) is 0. The van der Waals surface area contributed by atoms with Gasteiger partial charge in [0, 0.05) is 18.9 Å². The zero-order chi connectivity index (χ0) is 8.39. The Hall–Kier alpha value is -1.35. The van der Waals surface area contributed by atoms with Gasteiger partial charge in [0.2, 0.25) is 0 Å². The predicted octanol–water partition coefficient (Wildman–Crippen LogP) is 1.05. The highest BCUT2D eigenvalue weighted by Crippen LogP contribution is 2.08. The fourth-order valence-electron chi connectivity index (χ4n) is 1.35. The number of fused-ring (bicyclic) bond motifs is 1. The molecule has 0 radical (unpaired) electrons. The van der Waals surface area contributed by atoms with E-state index in [0.717, 1.165) is 6.54 Å². The smallest absolute Gasteiger partial charge is 0.0706 e. The number of hydrogen-bond acceptors (Lipinski definition) is 2. The second-order valence-electron chi connectivity index (χ2n) is 2.72. The van der Waals surface area contributed by atoms with Crippen molar-refractivity contribution in [1.82, 2.24) is 14.9 Å². The van der Waals surface area contributed by atoms with Crippen molar-refractivity contribution in [3.63, 3.8) is 0 Å². The molecule has 1 N–H and O–H groups in total. The summed E-state index contributed by atoms with van der Waals surface area (Å²) in [6.07, 6.45) is 3.77. The maximum absolute atomic E-state index is 4.15. The van der Waals surface area contributed by atoms with Crippen LogP contribution in [-0.4, -0.2) is 16.7 Å². The van der Waals surface area contributed by atoms with Crippen LogP contribution in [0.4, 0.5) is 0 Å². The molecule has 0 aliphatic carbocycles. The Morgan fingerprint density at radius 3 is 3.25 bits per heavy atom. The number of rotatable bonds is 2. The summed E-state index contributed by atoms with van der Waals surface area (Å²) < 4.78 is 1.88. The van der Waals surface area contributed by atoms with E-state index in [1.54, 1.807) is 0 Å². The van der Waals surface area contributed by atoms with Crippen LogP contribution in [-0.2, 0) is 6.54 Å². The summed E-state index contributed by atoms with van der Waals surface area (Å²) >= 11 is 0. The number of nitrogens with one attached hydrogen (secondary N) is 1. The van der Waals surface area contributed by atoms with Crippen LogP contribution >= 0.6 is 0 Å². The third-order valence-electron chi connectivity index (χ3n) is 1.89. The topological polar surface area (TPSA) is 29.3 Å². The third-order valence-corrected chi connectivity index (χ3v) is 1.89. The molecule has 2 aromatic rings. The molecule has 0 bridgehead atoms. The first-order valence-corrected chi connectivity index (χ1v) is 3.97. The molecule has 2 heterocycles. The Morgan fingerprint density at radius 2 is 2.42 bits per heavy atom. The molecule has 0 fully saturated rings. The molecule has 12 heavy (non-hydrogen) atoms. The average molecular weight is 161 g/mol. The number of nitrogens with zero attached hydrogens (tertiary/aromatic N) is 2. The molecular formula is C9H11N3. The number of hydrogen-bond donors (Lipinski definition) is 1. The Morgan fingerprint density at radius 1 is 1.50 bits per heavy atom. The van der Waals surface area contributed by atoms with Crippen molar-refractivity contribution >= 4 is 5.52 Å². The molecule has 0 aromatic carbocycles. The molecule has 0 saturated carbocycles. The van der Waals surface area contributed by atoms with Crippen LogP contribution in [0.15, 0.2) is 30.6 Å². The van der Waals surface area contributed by atoms with Gasteiger partial charge in [-0.05, 0) is 24.7 Å². The van der Waals surface area contributed by atoms with Gasteiger partial charge in [0.15, 0.2) is 0 Å². The Kier molecular flexibility index (Phi) is 1.80. The van der Waals surface area contributed by atoms with Gasteiger partial charge in [-0.1, -0.05) is 6.07 Å². The van der Waals surface area contributed by atoms with Crippen molar-refractivity contribution in [2.45, 2.75) is 6.54 Å². The van der Waals surface area contributed by atoms with E-state index >= 15 is 0 Å². The van der Waals surface area contributed by atoms with Crippen LogP contribution in [0.1, 0.15) is 5.56 Å². The van der Waals surface area contributed by atoms with Crippen molar-refractivity contribution in [3.05, 3.63) is 36.2 Å². The normalized spacial score (nSPS) is 10.8. The van der Waals surface area contributed by atoms with Crippen molar-refractivity contribution in [2.24, 2.45) is 0 Å². The minimum atomic E-state index is 0.885. The van der Waals surface area contributed by atoms with E-state index < -0.39 is 0 Å². The lowest BCUT2D eigenvalue weighted by molar-refractivity contribution is 0.813. The molecule has 2 aromatic heterocycles. The first-order valence-electron chi connectivity index (χ1n) is 3.97. The fraction of sp³-hybridized carbons (Fsp3) is 0.222. The standard InChI is InChI=1S/C9H11N3/c1-10-7-8-3-2-6-12-9(8)4-5-11-12/h2-6,10H,7H2,1H3. The SMILES string of the molecule is CNCc1cccn2nccc12. The van der Waals surface area contributed by atoms with Crippen LogP contribution in [0.2, 0.25) is 0 Å². The summed E-state index contributed by atoms with van der Waals surface area (Å²) in [5.41, 5.74) is 2.45. The van der Waals surface area contributed by atoms with Crippen molar-refractivity contribution < 1.29 is 0 Å². The van der Waals surface area contributed by atoms with E-state index in [0.29, 0.717) is 0 Å². The Bertz CT molecular complexity index is 378. The van der Waals surface area contributed by atoms with Gasteiger partial charge in [-0.15, -0.1) is 0 Å². The first-order chi connectivity index (χ1) is 5.92. The summed E-state index contributed by atoms with van der Waals surface area (Å²) in [6, 6.07) is 6.13. The van der Waals surface area contributed by atoms with Gasteiger partial charge in [-0.2, -0.15) is 5.10 Å². The van der Waals surface area contributed by atoms with E-state index in [4.69, 9.17) is 0 Å². The minimum Gasteiger partial charge on any atom is -0.316 e. The zero-order valence-corrected chi connectivity index (χ0v) is 6.99. The summed E-state index contributed by atoms with van der Waals surface area (Å²) in [5, 5.41) is 7.28. The lowest BCUT2D eigenvalue weighted by atomic mass is 10.2. The zero-order valence-electron chi connectivity index (χ0n) is 6.99. The maximum Gasteiger partial charge on any atom is 0.0706 e. The highest BCUT2D eigenvalue weighted by molar-refractivity contribution is 5.53. The summed E-state index contributed by atoms with van der Waals surface area (Å²) in [5.74, 6) is 0. The second kappa shape index (κ2) is 2.95. The number of aromatic nitrogens is 2. The molecule has 3 heteroatoms. The van der Waals surface area contributed by atoms with E-state index in [-0.39, 0.29) is 0 Å². The molecule has 0 atom stereocenters. The van der Waals surface area contributed by atoms with Crippen LogP contribution in [0.3, 0.4) is 0 Å². The van der Waals surface area contributed by atoms with Crippen LogP contribution < -0.4 is 5.32 Å². The van der Waals surface area contributed by atoms with Gasteiger partial charge >= 0.3 is 0 Å². The fourth-order valence-corrected chi connectivity index (χ4v) is 1.35. The van der Waals surface area contributed by atoms with Crippen molar-refractivity contribution in [2.75, 3.05) is 7.05 Å². The van der Waals surface area contributed by atoms with Gasteiger partial charge in [-0.25, -0.2) is 4.52 Å². The molecule has 2 rings (SSSR count). The Labute approximate surface area is 71.0 Å².